The smallest absolute Gasteiger partial charge is 0.287 e. The average molecular weight is 500 g/mol. The van der Waals surface area contributed by atoms with Crippen LogP contribution in [0.4, 0.5) is 5.69 Å². The van der Waals surface area contributed by atoms with Gasteiger partial charge in [0, 0.05) is 68.0 Å². The summed E-state index contributed by atoms with van der Waals surface area (Å²) in [4.78, 5) is 20.5. The van der Waals surface area contributed by atoms with Crippen molar-refractivity contribution < 1.29 is 13.9 Å². The maximum atomic E-state index is 12.3. The van der Waals surface area contributed by atoms with Crippen molar-refractivity contribution in [2.24, 2.45) is 0 Å². The molecule has 0 spiro atoms. The van der Waals surface area contributed by atoms with E-state index in [1.165, 1.54) is 10.9 Å². The van der Waals surface area contributed by atoms with Crippen LogP contribution in [-0.4, -0.2) is 68.8 Å². The summed E-state index contributed by atoms with van der Waals surface area (Å²) in [6.07, 6.45) is 5.38. The van der Waals surface area contributed by atoms with Crippen molar-refractivity contribution in [1.82, 2.24) is 15.2 Å². The number of unbranched alkanes of at least 4 members (excludes halogenated alkanes) is 1. The van der Waals surface area contributed by atoms with E-state index < -0.39 is 0 Å². The summed E-state index contributed by atoms with van der Waals surface area (Å²) in [6, 6.07) is 16.0. The summed E-state index contributed by atoms with van der Waals surface area (Å²) in [7, 11) is 1.61. The Kier molecular flexibility index (Phi) is 7.73. The number of ether oxygens (including phenoxy) is 1. The summed E-state index contributed by atoms with van der Waals surface area (Å²) in [5.74, 6) is 0.103. The van der Waals surface area contributed by atoms with Gasteiger partial charge in [0.2, 0.25) is 0 Å². The molecule has 0 atom stereocenters. The number of nitrogens with zero attached hydrogens (tertiary/aromatic N) is 3. The maximum absolute atomic E-state index is 12.3. The van der Waals surface area contributed by atoms with Crippen LogP contribution in [0.25, 0.3) is 21.9 Å². The Morgan fingerprint density at radius 2 is 2.00 bits per heavy atom. The van der Waals surface area contributed by atoms with Gasteiger partial charge in [-0.15, -0.1) is 0 Å². The largest absolute Gasteiger partial charge is 0.451 e. The van der Waals surface area contributed by atoms with Crippen molar-refractivity contribution in [3.05, 3.63) is 65.5 Å². The number of carbonyl (C=O) groups is 1. The summed E-state index contributed by atoms with van der Waals surface area (Å²) in [6.45, 7) is 6.05. The molecule has 1 saturated heterocycles. The van der Waals surface area contributed by atoms with Gasteiger partial charge in [0.25, 0.3) is 5.91 Å². The van der Waals surface area contributed by atoms with Crippen LogP contribution in [-0.2, 0) is 11.2 Å². The normalized spacial score (nSPS) is 14.3. The first-order chi connectivity index (χ1) is 18.1. The van der Waals surface area contributed by atoms with Crippen molar-refractivity contribution in [3.8, 4) is 6.07 Å². The van der Waals surface area contributed by atoms with Crippen molar-refractivity contribution in [2.45, 2.75) is 19.3 Å². The van der Waals surface area contributed by atoms with E-state index in [9.17, 15) is 10.1 Å². The highest BCUT2D eigenvalue weighted by molar-refractivity contribution is 5.96. The Morgan fingerprint density at radius 3 is 2.81 bits per heavy atom. The van der Waals surface area contributed by atoms with E-state index in [2.05, 4.69) is 44.5 Å². The van der Waals surface area contributed by atoms with Crippen LogP contribution < -0.4 is 10.2 Å². The zero-order chi connectivity index (χ0) is 25.6. The van der Waals surface area contributed by atoms with Crippen LogP contribution in [0.5, 0.6) is 0 Å². The Hall–Kier alpha value is -3.80. The number of carbonyl (C=O) groups excluding carboxylic acids is 1. The van der Waals surface area contributed by atoms with E-state index in [0.29, 0.717) is 24.5 Å². The number of fused-ring (bicyclic) bond motifs is 2. The third-order valence-corrected chi connectivity index (χ3v) is 7.12. The van der Waals surface area contributed by atoms with Crippen LogP contribution in [0.2, 0.25) is 0 Å². The quantitative estimate of drug-likeness (QED) is 0.316. The fourth-order valence-corrected chi connectivity index (χ4v) is 5.03. The van der Waals surface area contributed by atoms with Crippen molar-refractivity contribution >= 4 is 33.5 Å². The zero-order valence-electron chi connectivity index (χ0n) is 21.3. The number of piperazine rings is 1. The molecule has 1 aliphatic heterocycles. The number of amides is 1. The minimum atomic E-state index is -0.222. The fraction of sp³-hybridized carbons (Fsp3) is 0.379. The van der Waals surface area contributed by atoms with Gasteiger partial charge in [-0.25, -0.2) is 0 Å². The highest BCUT2D eigenvalue weighted by atomic mass is 16.5. The van der Waals surface area contributed by atoms with Gasteiger partial charge in [0.1, 0.15) is 5.58 Å². The van der Waals surface area contributed by atoms with Gasteiger partial charge in [-0.2, -0.15) is 5.26 Å². The third kappa shape index (κ3) is 5.79. The number of H-pyrrole nitrogens is 1. The van der Waals surface area contributed by atoms with Gasteiger partial charge in [-0.1, -0.05) is 0 Å². The number of benzene rings is 2. The molecule has 0 saturated carbocycles. The van der Waals surface area contributed by atoms with Gasteiger partial charge in [-0.3, -0.25) is 9.69 Å². The van der Waals surface area contributed by atoms with Crippen LogP contribution in [0.3, 0.4) is 0 Å². The number of nitrogens with one attached hydrogen (secondary N) is 2. The van der Waals surface area contributed by atoms with Gasteiger partial charge < -0.3 is 24.4 Å². The standard InChI is InChI=1S/C29H33N5O3/c1-36-15-9-31-29(35)28-18-23-17-24(6-8-27(23)37-28)34-13-11-33(12-14-34)10-3-2-4-22-20-32-26-7-5-21(19-30)16-25(22)26/h5-8,16-18,20,32H,2-4,9-15H2,1H3,(H,31,35). The lowest BCUT2D eigenvalue weighted by Gasteiger charge is -2.36. The monoisotopic (exact) mass is 499 g/mol. The number of aromatic amines is 1. The van der Waals surface area contributed by atoms with Crippen molar-refractivity contribution in [3.63, 3.8) is 0 Å². The second kappa shape index (κ2) is 11.5. The molecule has 2 N–H and O–H groups in total. The number of rotatable bonds is 10. The molecule has 3 heterocycles. The topological polar surface area (TPSA) is 97.5 Å². The molecule has 4 aromatic rings. The molecule has 5 rings (SSSR count). The average Bonchev–Trinajstić information content (AvgIpc) is 3.55. The van der Waals surface area contributed by atoms with Crippen LogP contribution in [0.1, 0.15) is 34.5 Å². The van der Waals surface area contributed by atoms with Crippen LogP contribution in [0, 0.1) is 11.3 Å². The summed E-state index contributed by atoms with van der Waals surface area (Å²) >= 11 is 0. The van der Waals surface area contributed by atoms with E-state index in [1.807, 2.05) is 30.3 Å². The first-order valence-electron chi connectivity index (χ1n) is 12.9. The number of methoxy groups -OCH3 is 1. The number of hydrogen-bond donors (Lipinski definition) is 2. The molecule has 2 aromatic heterocycles. The number of anilines is 1. The zero-order valence-corrected chi connectivity index (χ0v) is 21.3. The van der Waals surface area contributed by atoms with Crippen LogP contribution in [0.15, 0.2) is 53.1 Å². The van der Waals surface area contributed by atoms with E-state index in [1.54, 1.807) is 7.11 Å². The molecule has 1 aliphatic rings. The first kappa shape index (κ1) is 24.9. The lowest BCUT2D eigenvalue weighted by molar-refractivity contribution is 0.0911. The highest BCUT2D eigenvalue weighted by Gasteiger charge is 2.18. The Bertz CT molecular complexity index is 1410. The second-order valence-corrected chi connectivity index (χ2v) is 9.55. The first-order valence-corrected chi connectivity index (χ1v) is 12.9. The maximum Gasteiger partial charge on any atom is 0.287 e. The molecule has 0 bridgehead atoms. The molecule has 0 radical (unpaired) electrons. The van der Waals surface area contributed by atoms with Gasteiger partial charge in [0.05, 0.1) is 18.2 Å². The van der Waals surface area contributed by atoms with Gasteiger partial charge in [0.15, 0.2) is 5.76 Å². The summed E-state index contributed by atoms with van der Waals surface area (Å²) < 4.78 is 10.7. The molecule has 8 nitrogen and oxygen atoms in total. The Balaban J connectivity index is 1.09. The molecule has 1 amide bonds. The van der Waals surface area contributed by atoms with Crippen molar-refractivity contribution in [1.29, 1.82) is 5.26 Å². The number of hydrogen-bond acceptors (Lipinski definition) is 6. The summed E-state index contributed by atoms with van der Waals surface area (Å²) in [5.41, 5.74) is 4.98. The van der Waals surface area contributed by atoms with E-state index >= 15 is 0 Å². The minimum absolute atomic E-state index is 0.222. The van der Waals surface area contributed by atoms with E-state index in [0.717, 1.165) is 74.2 Å². The fourth-order valence-electron chi connectivity index (χ4n) is 5.03. The third-order valence-electron chi connectivity index (χ3n) is 7.12. The molecule has 192 valence electrons. The predicted octanol–water partition coefficient (Wildman–Crippen LogP) is 4.31. The number of aryl methyl sites for hydroxylation is 1. The van der Waals surface area contributed by atoms with E-state index in [-0.39, 0.29) is 5.91 Å². The van der Waals surface area contributed by atoms with Crippen molar-refractivity contribution in [2.75, 3.05) is 57.9 Å². The number of aromatic nitrogens is 1. The number of nitriles is 1. The van der Waals surface area contributed by atoms with Crippen LogP contribution >= 0.6 is 0 Å². The van der Waals surface area contributed by atoms with Gasteiger partial charge in [-0.05, 0) is 73.8 Å². The molecular weight excluding hydrogens is 466 g/mol. The minimum Gasteiger partial charge on any atom is -0.451 e. The molecule has 1 fully saturated rings. The van der Waals surface area contributed by atoms with E-state index in [4.69, 9.17) is 9.15 Å². The molecule has 8 heteroatoms. The molecule has 0 aliphatic carbocycles. The molecular formula is C29H33N5O3. The number of furan rings is 1. The molecule has 0 unspecified atom stereocenters. The molecule has 37 heavy (non-hydrogen) atoms. The summed E-state index contributed by atoms with van der Waals surface area (Å²) in [5, 5.41) is 14.1. The Labute approximate surface area is 216 Å². The Morgan fingerprint density at radius 1 is 1.14 bits per heavy atom. The second-order valence-electron chi connectivity index (χ2n) is 9.55. The SMILES string of the molecule is COCCNC(=O)c1cc2cc(N3CCN(CCCCc4c[nH]c5ccc(C#N)cc45)CC3)ccc2o1. The highest BCUT2D eigenvalue weighted by Crippen LogP contribution is 2.26. The molecule has 2 aromatic carbocycles. The predicted molar refractivity (Wildman–Crippen MR) is 145 cm³/mol. The van der Waals surface area contributed by atoms with Gasteiger partial charge >= 0.3 is 0 Å². The lowest BCUT2D eigenvalue weighted by atomic mass is 10.1. The lowest BCUT2D eigenvalue weighted by Crippen LogP contribution is -2.46.